The van der Waals surface area contributed by atoms with Gasteiger partial charge >= 0.3 is 0 Å². The molecule has 0 radical (unpaired) electrons. The van der Waals surface area contributed by atoms with E-state index in [-0.39, 0.29) is 5.92 Å². The van der Waals surface area contributed by atoms with Gasteiger partial charge < -0.3 is 5.73 Å². The van der Waals surface area contributed by atoms with Crippen LogP contribution >= 0.6 is 0 Å². The van der Waals surface area contributed by atoms with Crippen LogP contribution in [0.25, 0.3) is 0 Å². The Morgan fingerprint density at radius 3 is 2.59 bits per heavy atom. The minimum Gasteiger partial charge on any atom is -0.329 e. The van der Waals surface area contributed by atoms with Gasteiger partial charge in [-0.1, -0.05) is 18.2 Å². The van der Waals surface area contributed by atoms with Gasteiger partial charge in [0.15, 0.2) is 0 Å². The zero-order valence-corrected chi connectivity index (χ0v) is 10.2. The van der Waals surface area contributed by atoms with Crippen molar-refractivity contribution in [2.24, 2.45) is 5.73 Å². The zero-order valence-electron chi connectivity index (χ0n) is 10.2. The molecule has 2 N–H and O–H groups in total. The van der Waals surface area contributed by atoms with Crippen LogP contribution in [-0.4, -0.2) is 16.7 Å². The molecule has 88 valence electrons. The lowest BCUT2D eigenvalue weighted by atomic mass is 9.93. The quantitative estimate of drug-likeness (QED) is 0.874. The van der Waals surface area contributed by atoms with Crippen molar-refractivity contribution in [3.8, 4) is 0 Å². The Morgan fingerprint density at radius 1 is 1.18 bits per heavy atom. The van der Waals surface area contributed by atoms with E-state index in [4.69, 9.17) is 5.73 Å². The summed E-state index contributed by atoms with van der Waals surface area (Å²) in [7, 11) is 0. The zero-order chi connectivity index (χ0) is 12.3. The van der Waals surface area contributed by atoms with Gasteiger partial charge in [-0.15, -0.1) is 0 Å². The van der Waals surface area contributed by atoms with E-state index in [0.29, 0.717) is 6.54 Å². The second kappa shape index (κ2) is 5.06. The van der Waals surface area contributed by atoms with Gasteiger partial charge in [0.1, 0.15) is 0 Å². The number of nitrogens with two attached hydrogens (primary N) is 1. The van der Waals surface area contributed by atoms with Crippen molar-refractivity contribution in [1.29, 1.82) is 0 Å². The molecular formula is C14H17N3. The molecule has 0 saturated carbocycles. The molecule has 3 nitrogen and oxygen atoms in total. The van der Waals surface area contributed by atoms with Crippen molar-refractivity contribution < 1.29 is 0 Å². The SMILES string of the molecule is Cc1ccc(C(CN)c2cccnn2)cc1C. The van der Waals surface area contributed by atoms with Crippen LogP contribution in [0, 0.1) is 13.8 Å². The summed E-state index contributed by atoms with van der Waals surface area (Å²) in [5.74, 6) is 0.128. The van der Waals surface area contributed by atoms with E-state index in [2.05, 4.69) is 42.2 Å². The molecule has 0 amide bonds. The average Bonchev–Trinajstić information content (AvgIpc) is 2.36. The highest BCUT2D eigenvalue weighted by molar-refractivity contribution is 5.35. The van der Waals surface area contributed by atoms with Gasteiger partial charge in [-0.2, -0.15) is 10.2 Å². The van der Waals surface area contributed by atoms with E-state index in [1.54, 1.807) is 6.20 Å². The molecule has 0 bridgehead atoms. The second-order valence-corrected chi connectivity index (χ2v) is 4.28. The number of benzene rings is 1. The van der Waals surface area contributed by atoms with Crippen molar-refractivity contribution in [2.45, 2.75) is 19.8 Å². The van der Waals surface area contributed by atoms with E-state index >= 15 is 0 Å². The number of aromatic nitrogens is 2. The molecule has 1 heterocycles. The monoisotopic (exact) mass is 227 g/mol. The maximum Gasteiger partial charge on any atom is 0.0718 e. The molecule has 2 aromatic rings. The Balaban J connectivity index is 2.39. The molecular weight excluding hydrogens is 210 g/mol. The van der Waals surface area contributed by atoms with Crippen molar-refractivity contribution in [3.05, 3.63) is 58.9 Å². The molecule has 0 saturated heterocycles. The van der Waals surface area contributed by atoms with Gasteiger partial charge in [-0.25, -0.2) is 0 Å². The van der Waals surface area contributed by atoms with E-state index in [1.807, 2.05) is 12.1 Å². The van der Waals surface area contributed by atoms with Crippen molar-refractivity contribution in [1.82, 2.24) is 10.2 Å². The first-order chi connectivity index (χ1) is 8.22. The summed E-state index contributed by atoms with van der Waals surface area (Å²) < 4.78 is 0. The Bertz CT molecular complexity index is 494. The van der Waals surface area contributed by atoms with Crippen molar-refractivity contribution >= 4 is 0 Å². The molecule has 3 heteroatoms. The van der Waals surface area contributed by atoms with Gasteiger partial charge in [-0.05, 0) is 42.7 Å². The first kappa shape index (κ1) is 11.7. The summed E-state index contributed by atoms with van der Waals surface area (Å²) in [4.78, 5) is 0. The molecule has 0 aliphatic heterocycles. The fraction of sp³-hybridized carbons (Fsp3) is 0.286. The molecule has 1 atom stereocenters. The Labute approximate surface area is 102 Å². The first-order valence-corrected chi connectivity index (χ1v) is 5.77. The summed E-state index contributed by atoms with van der Waals surface area (Å²) in [5, 5.41) is 8.06. The Morgan fingerprint density at radius 2 is 2.00 bits per heavy atom. The lowest BCUT2D eigenvalue weighted by Crippen LogP contribution is -2.15. The van der Waals surface area contributed by atoms with Crippen LogP contribution in [0.3, 0.4) is 0 Å². The lowest BCUT2D eigenvalue weighted by Gasteiger charge is -2.15. The van der Waals surface area contributed by atoms with Crippen LogP contribution in [-0.2, 0) is 0 Å². The maximum absolute atomic E-state index is 5.86. The predicted octanol–water partition coefficient (Wildman–Crippen LogP) is 2.18. The lowest BCUT2D eigenvalue weighted by molar-refractivity contribution is 0.759. The molecule has 1 unspecified atom stereocenters. The largest absolute Gasteiger partial charge is 0.329 e. The fourth-order valence-corrected chi connectivity index (χ4v) is 1.91. The van der Waals surface area contributed by atoms with Gasteiger partial charge in [0.05, 0.1) is 5.69 Å². The third kappa shape index (κ3) is 2.50. The third-order valence-electron chi connectivity index (χ3n) is 3.12. The van der Waals surface area contributed by atoms with Crippen LogP contribution in [0.4, 0.5) is 0 Å². The number of hydrogen-bond acceptors (Lipinski definition) is 3. The minimum absolute atomic E-state index is 0.128. The molecule has 0 aliphatic carbocycles. The Kier molecular flexibility index (Phi) is 3.49. The summed E-state index contributed by atoms with van der Waals surface area (Å²) in [6.07, 6.45) is 1.68. The molecule has 17 heavy (non-hydrogen) atoms. The fourth-order valence-electron chi connectivity index (χ4n) is 1.91. The molecule has 1 aromatic carbocycles. The van der Waals surface area contributed by atoms with Crippen LogP contribution in [0.1, 0.15) is 28.3 Å². The minimum atomic E-state index is 0.128. The third-order valence-corrected chi connectivity index (χ3v) is 3.12. The highest BCUT2D eigenvalue weighted by Gasteiger charge is 2.14. The first-order valence-electron chi connectivity index (χ1n) is 5.77. The predicted molar refractivity (Wildman–Crippen MR) is 68.8 cm³/mol. The van der Waals surface area contributed by atoms with E-state index in [0.717, 1.165) is 5.69 Å². The molecule has 2 rings (SSSR count). The molecule has 1 aromatic heterocycles. The van der Waals surface area contributed by atoms with E-state index < -0.39 is 0 Å². The molecule has 0 aliphatic rings. The van der Waals surface area contributed by atoms with Crippen LogP contribution in [0.5, 0.6) is 0 Å². The van der Waals surface area contributed by atoms with Crippen LogP contribution in [0.2, 0.25) is 0 Å². The molecule has 0 fully saturated rings. The van der Waals surface area contributed by atoms with Gasteiger partial charge in [-0.3, -0.25) is 0 Å². The number of nitrogens with zero attached hydrogens (tertiary/aromatic N) is 2. The smallest absolute Gasteiger partial charge is 0.0718 e. The maximum atomic E-state index is 5.86. The van der Waals surface area contributed by atoms with Crippen LogP contribution < -0.4 is 5.73 Å². The average molecular weight is 227 g/mol. The molecule has 0 spiro atoms. The summed E-state index contributed by atoms with van der Waals surface area (Å²) in [6.45, 7) is 4.77. The van der Waals surface area contributed by atoms with Gasteiger partial charge in [0, 0.05) is 18.7 Å². The highest BCUT2D eigenvalue weighted by atomic mass is 15.1. The number of hydrogen-bond donors (Lipinski definition) is 1. The normalized spacial score (nSPS) is 12.4. The second-order valence-electron chi connectivity index (χ2n) is 4.28. The van der Waals surface area contributed by atoms with Gasteiger partial charge in [0.2, 0.25) is 0 Å². The van der Waals surface area contributed by atoms with E-state index in [1.165, 1.54) is 16.7 Å². The summed E-state index contributed by atoms with van der Waals surface area (Å²) in [5.41, 5.74) is 10.6. The van der Waals surface area contributed by atoms with Gasteiger partial charge in [0.25, 0.3) is 0 Å². The topological polar surface area (TPSA) is 51.8 Å². The van der Waals surface area contributed by atoms with Crippen molar-refractivity contribution in [2.75, 3.05) is 6.54 Å². The number of aryl methyl sites for hydroxylation is 2. The summed E-state index contributed by atoms with van der Waals surface area (Å²) >= 11 is 0. The highest BCUT2D eigenvalue weighted by Crippen LogP contribution is 2.23. The van der Waals surface area contributed by atoms with Crippen molar-refractivity contribution in [3.63, 3.8) is 0 Å². The Hall–Kier alpha value is -1.74. The number of rotatable bonds is 3. The van der Waals surface area contributed by atoms with Crippen LogP contribution in [0.15, 0.2) is 36.5 Å². The summed E-state index contributed by atoms with van der Waals surface area (Å²) in [6, 6.07) is 10.3. The standard InChI is InChI=1S/C14H17N3/c1-10-5-6-12(8-11(10)2)13(9-15)14-4-3-7-16-17-14/h3-8,13H,9,15H2,1-2H3. The van der Waals surface area contributed by atoms with E-state index in [9.17, 15) is 0 Å².